The molecule has 1 aromatic carbocycles. The standard InChI is InChI=1S/C19H22N4O3/c1-3-16-21-22(11-17(24)20-13-9-19(2,26)10-13)18(25)15-8-12-6-4-5-7-14(12)23(15)16/h4-8,13,26H,3,9-11H2,1-2H3,(H,20,24)/t13-,19+. The van der Waals surface area contributed by atoms with Gasteiger partial charge in [0.1, 0.15) is 17.9 Å². The predicted molar refractivity (Wildman–Crippen MR) is 98.1 cm³/mol. The summed E-state index contributed by atoms with van der Waals surface area (Å²) >= 11 is 0. The molecule has 26 heavy (non-hydrogen) atoms. The van der Waals surface area contributed by atoms with E-state index in [9.17, 15) is 14.7 Å². The number of aryl methyl sites for hydroxylation is 1. The molecule has 3 aromatic rings. The predicted octanol–water partition coefficient (Wildman–Crippen LogP) is 1.24. The first-order valence-corrected chi connectivity index (χ1v) is 8.90. The van der Waals surface area contributed by atoms with Gasteiger partial charge in [-0.25, -0.2) is 4.68 Å². The van der Waals surface area contributed by atoms with Crippen molar-refractivity contribution in [3.63, 3.8) is 0 Å². The minimum atomic E-state index is -0.701. The summed E-state index contributed by atoms with van der Waals surface area (Å²) < 4.78 is 3.11. The van der Waals surface area contributed by atoms with E-state index >= 15 is 0 Å². The van der Waals surface area contributed by atoms with Crippen molar-refractivity contribution in [2.45, 2.75) is 51.3 Å². The summed E-state index contributed by atoms with van der Waals surface area (Å²) in [7, 11) is 0. The topological polar surface area (TPSA) is 88.6 Å². The van der Waals surface area contributed by atoms with Gasteiger partial charge in [-0.05, 0) is 31.9 Å². The largest absolute Gasteiger partial charge is 0.390 e. The highest BCUT2D eigenvalue weighted by Gasteiger charge is 2.39. The van der Waals surface area contributed by atoms with Crippen LogP contribution in [0.2, 0.25) is 0 Å². The molecule has 0 radical (unpaired) electrons. The Hall–Kier alpha value is -2.67. The molecule has 1 aliphatic carbocycles. The average molecular weight is 354 g/mol. The summed E-state index contributed by atoms with van der Waals surface area (Å²) in [5.74, 6) is 0.475. The van der Waals surface area contributed by atoms with Gasteiger partial charge in [0.25, 0.3) is 5.56 Å². The summed E-state index contributed by atoms with van der Waals surface area (Å²) in [6.07, 6.45) is 1.71. The second kappa shape index (κ2) is 5.95. The zero-order valence-corrected chi connectivity index (χ0v) is 14.9. The van der Waals surface area contributed by atoms with Crippen molar-refractivity contribution < 1.29 is 9.90 Å². The number of carbonyl (C=O) groups is 1. The van der Waals surface area contributed by atoms with Crippen molar-refractivity contribution >= 4 is 22.3 Å². The summed E-state index contributed by atoms with van der Waals surface area (Å²) in [4.78, 5) is 25.1. The summed E-state index contributed by atoms with van der Waals surface area (Å²) in [6, 6.07) is 9.58. The number of carbonyl (C=O) groups excluding carboxylic acids is 1. The number of hydrogen-bond donors (Lipinski definition) is 2. The lowest BCUT2D eigenvalue weighted by atomic mass is 9.77. The molecule has 0 bridgehead atoms. The Morgan fingerprint density at radius 2 is 2.08 bits per heavy atom. The van der Waals surface area contributed by atoms with E-state index in [2.05, 4.69) is 10.4 Å². The molecule has 7 heteroatoms. The SMILES string of the molecule is CCc1nn(CC(=O)N[C@H]2C[C@@](C)(O)C2)c(=O)c2cc3ccccc3n12. The Kier molecular flexibility index (Phi) is 3.84. The van der Waals surface area contributed by atoms with Crippen LogP contribution in [0.1, 0.15) is 32.5 Å². The number of benzene rings is 1. The first kappa shape index (κ1) is 16.8. The lowest BCUT2D eigenvalue weighted by Gasteiger charge is -2.41. The van der Waals surface area contributed by atoms with Crippen LogP contribution in [0.5, 0.6) is 0 Å². The van der Waals surface area contributed by atoms with Crippen molar-refractivity contribution in [2.24, 2.45) is 0 Å². The first-order chi connectivity index (χ1) is 12.4. The van der Waals surface area contributed by atoms with Gasteiger partial charge in [-0.3, -0.25) is 14.0 Å². The molecule has 0 saturated heterocycles. The fourth-order valence-electron chi connectivity index (χ4n) is 3.80. The van der Waals surface area contributed by atoms with Crippen LogP contribution in [0, 0.1) is 0 Å². The Labute approximate surface area is 150 Å². The lowest BCUT2D eigenvalue weighted by molar-refractivity contribution is -0.125. The van der Waals surface area contributed by atoms with Gasteiger partial charge in [0.05, 0.1) is 11.1 Å². The van der Waals surface area contributed by atoms with E-state index in [0.717, 1.165) is 16.7 Å². The minimum Gasteiger partial charge on any atom is -0.390 e. The van der Waals surface area contributed by atoms with E-state index < -0.39 is 5.60 Å². The van der Waals surface area contributed by atoms with Crippen molar-refractivity contribution in [1.82, 2.24) is 19.5 Å². The lowest BCUT2D eigenvalue weighted by Crippen LogP contribution is -2.54. The fraction of sp³-hybridized carbons (Fsp3) is 0.421. The Morgan fingerprint density at radius 1 is 1.35 bits per heavy atom. The zero-order chi connectivity index (χ0) is 18.5. The molecule has 1 saturated carbocycles. The zero-order valence-electron chi connectivity index (χ0n) is 14.9. The molecule has 0 atom stereocenters. The second-order valence-corrected chi connectivity index (χ2v) is 7.33. The highest BCUT2D eigenvalue weighted by molar-refractivity contribution is 5.87. The Bertz CT molecular complexity index is 1060. The van der Waals surface area contributed by atoms with Gasteiger partial charge < -0.3 is 10.4 Å². The molecule has 0 aliphatic heterocycles. The van der Waals surface area contributed by atoms with Crippen molar-refractivity contribution in [2.75, 3.05) is 0 Å². The third-order valence-corrected chi connectivity index (χ3v) is 5.01. The number of para-hydroxylation sites is 1. The van der Waals surface area contributed by atoms with Crippen molar-refractivity contribution in [3.8, 4) is 0 Å². The smallest absolute Gasteiger partial charge is 0.291 e. The maximum atomic E-state index is 12.8. The molecule has 1 fully saturated rings. The molecule has 7 nitrogen and oxygen atoms in total. The summed E-state index contributed by atoms with van der Waals surface area (Å²) in [5.41, 5.74) is 0.483. The molecule has 0 spiro atoms. The van der Waals surface area contributed by atoms with E-state index in [1.165, 1.54) is 4.68 Å². The molecule has 136 valence electrons. The van der Waals surface area contributed by atoms with E-state index in [1.807, 2.05) is 41.7 Å². The van der Waals surface area contributed by atoms with Gasteiger partial charge in [-0.2, -0.15) is 5.10 Å². The molecule has 2 N–H and O–H groups in total. The number of fused-ring (bicyclic) bond motifs is 3. The number of rotatable bonds is 4. The monoisotopic (exact) mass is 354 g/mol. The number of aliphatic hydroxyl groups is 1. The number of aromatic nitrogens is 3. The molecule has 4 rings (SSSR count). The van der Waals surface area contributed by atoms with Gasteiger partial charge in [0.2, 0.25) is 5.91 Å². The van der Waals surface area contributed by atoms with Crippen LogP contribution >= 0.6 is 0 Å². The van der Waals surface area contributed by atoms with Crippen molar-refractivity contribution in [3.05, 3.63) is 46.5 Å². The molecule has 0 unspecified atom stereocenters. The van der Waals surface area contributed by atoms with Crippen LogP contribution in [0.25, 0.3) is 16.4 Å². The fourth-order valence-corrected chi connectivity index (χ4v) is 3.80. The molecular weight excluding hydrogens is 332 g/mol. The second-order valence-electron chi connectivity index (χ2n) is 7.33. The molecule has 2 heterocycles. The van der Waals surface area contributed by atoms with Crippen LogP contribution < -0.4 is 10.9 Å². The van der Waals surface area contributed by atoms with Gasteiger partial charge in [0, 0.05) is 17.8 Å². The summed E-state index contributed by atoms with van der Waals surface area (Å²) in [5, 5.41) is 18.0. The third-order valence-electron chi connectivity index (χ3n) is 5.01. The molecule has 2 aromatic heterocycles. The van der Waals surface area contributed by atoms with E-state index in [1.54, 1.807) is 6.92 Å². The first-order valence-electron chi connectivity index (χ1n) is 8.90. The van der Waals surface area contributed by atoms with Crippen LogP contribution in [-0.2, 0) is 17.8 Å². The van der Waals surface area contributed by atoms with E-state index in [-0.39, 0.29) is 24.1 Å². The van der Waals surface area contributed by atoms with Gasteiger partial charge in [-0.1, -0.05) is 25.1 Å². The number of nitrogens with zero attached hydrogens (tertiary/aromatic N) is 3. The van der Waals surface area contributed by atoms with Gasteiger partial charge >= 0.3 is 0 Å². The maximum absolute atomic E-state index is 12.8. The van der Waals surface area contributed by atoms with E-state index in [0.29, 0.717) is 24.8 Å². The normalized spacial score (nSPS) is 22.5. The Balaban J connectivity index is 1.67. The Morgan fingerprint density at radius 3 is 2.77 bits per heavy atom. The van der Waals surface area contributed by atoms with Crippen LogP contribution in [0.3, 0.4) is 0 Å². The molecule has 1 amide bonds. The number of amides is 1. The van der Waals surface area contributed by atoms with Crippen molar-refractivity contribution in [1.29, 1.82) is 0 Å². The molecule has 1 aliphatic rings. The highest BCUT2D eigenvalue weighted by Crippen LogP contribution is 2.31. The quantitative estimate of drug-likeness (QED) is 0.738. The average Bonchev–Trinajstić information content (AvgIpc) is 2.96. The van der Waals surface area contributed by atoms with Gasteiger partial charge in [-0.15, -0.1) is 0 Å². The minimum absolute atomic E-state index is 0.0431. The third kappa shape index (κ3) is 2.78. The van der Waals surface area contributed by atoms with Gasteiger partial charge in [0.15, 0.2) is 0 Å². The highest BCUT2D eigenvalue weighted by atomic mass is 16.3. The number of nitrogens with one attached hydrogen (secondary N) is 1. The molecular formula is C19H22N4O3. The summed E-state index contributed by atoms with van der Waals surface area (Å²) in [6.45, 7) is 3.60. The van der Waals surface area contributed by atoms with Crippen LogP contribution in [0.15, 0.2) is 35.1 Å². The van der Waals surface area contributed by atoms with Crippen LogP contribution in [0.4, 0.5) is 0 Å². The number of hydrogen-bond acceptors (Lipinski definition) is 4. The van der Waals surface area contributed by atoms with Crippen LogP contribution in [-0.4, -0.2) is 36.8 Å². The maximum Gasteiger partial charge on any atom is 0.291 e. The van der Waals surface area contributed by atoms with E-state index in [4.69, 9.17) is 0 Å².